The zero-order chi connectivity index (χ0) is 20.0. The Labute approximate surface area is 174 Å². The third kappa shape index (κ3) is 4.22. The molecule has 3 rings (SSSR count). The Bertz CT molecular complexity index is 815. The average molecular weight is 409 g/mol. The summed E-state index contributed by atoms with van der Waals surface area (Å²) in [4.78, 5) is 8.87. The molecule has 5 heteroatoms. The monoisotopic (exact) mass is 408 g/mol. The van der Waals surface area contributed by atoms with Crippen LogP contribution in [0.4, 0.5) is 0 Å². The van der Waals surface area contributed by atoms with Crippen LogP contribution in [0.2, 0.25) is 5.04 Å². The molecule has 1 heterocycles. The van der Waals surface area contributed by atoms with E-state index in [0.29, 0.717) is 12.4 Å². The Morgan fingerprint density at radius 1 is 0.857 bits per heavy atom. The van der Waals surface area contributed by atoms with E-state index in [4.69, 9.17) is 4.43 Å². The maximum absolute atomic E-state index is 6.98. The molecule has 0 bridgehead atoms. The van der Waals surface area contributed by atoms with Crippen molar-refractivity contribution in [3.8, 4) is 0 Å². The summed E-state index contributed by atoms with van der Waals surface area (Å²) in [6, 6.07) is 23.2. The van der Waals surface area contributed by atoms with Crippen LogP contribution in [0.1, 0.15) is 32.5 Å². The molecule has 3 aromatic rings. The van der Waals surface area contributed by atoms with Gasteiger partial charge in [0.25, 0.3) is 8.32 Å². The van der Waals surface area contributed by atoms with Crippen molar-refractivity contribution in [1.82, 2.24) is 9.97 Å². The van der Waals surface area contributed by atoms with Crippen LogP contribution in [0.5, 0.6) is 0 Å². The van der Waals surface area contributed by atoms with Gasteiger partial charge in [-0.05, 0) is 21.5 Å². The summed E-state index contributed by atoms with van der Waals surface area (Å²) in [6.07, 6.45) is 3.56. The van der Waals surface area contributed by atoms with Gasteiger partial charge >= 0.3 is 0 Å². The third-order valence-electron chi connectivity index (χ3n) is 5.09. The fourth-order valence-corrected chi connectivity index (χ4v) is 8.59. The second kappa shape index (κ2) is 9.03. The Morgan fingerprint density at radius 3 is 1.79 bits per heavy atom. The highest BCUT2D eigenvalue weighted by atomic mass is 32.1. The molecule has 0 fully saturated rings. The van der Waals surface area contributed by atoms with Crippen LogP contribution in [-0.2, 0) is 4.43 Å². The largest absolute Gasteiger partial charge is 0.407 e. The predicted molar refractivity (Wildman–Crippen MR) is 122 cm³/mol. The van der Waals surface area contributed by atoms with E-state index in [1.165, 1.54) is 10.4 Å². The second-order valence-corrected chi connectivity index (χ2v) is 12.6. The highest BCUT2D eigenvalue weighted by Gasteiger charge is 2.50. The fourth-order valence-electron chi connectivity index (χ4n) is 3.72. The summed E-state index contributed by atoms with van der Waals surface area (Å²) < 4.78 is 6.98. The van der Waals surface area contributed by atoms with Crippen molar-refractivity contribution in [3.63, 3.8) is 0 Å². The number of rotatable bonds is 7. The molecule has 1 atom stereocenters. The first-order valence-electron chi connectivity index (χ1n) is 9.62. The second-order valence-electron chi connectivity index (χ2n) is 7.96. The molecule has 0 aliphatic rings. The van der Waals surface area contributed by atoms with Gasteiger partial charge in [-0.15, -0.1) is 0 Å². The molecule has 146 valence electrons. The topological polar surface area (TPSA) is 35.0 Å². The smallest absolute Gasteiger partial charge is 0.261 e. The van der Waals surface area contributed by atoms with E-state index in [0.717, 1.165) is 5.82 Å². The fraction of sp³-hybridized carbons (Fsp3) is 0.304. The van der Waals surface area contributed by atoms with E-state index >= 15 is 0 Å². The lowest BCUT2D eigenvalue weighted by atomic mass is 10.2. The van der Waals surface area contributed by atoms with Gasteiger partial charge in [0.1, 0.15) is 5.82 Å². The predicted octanol–water partition coefficient (Wildman–Crippen LogP) is 4.07. The minimum atomic E-state index is -2.55. The van der Waals surface area contributed by atoms with Crippen LogP contribution in [0.15, 0.2) is 79.1 Å². The SMILES string of the molecule is CC(C)(C)[Si](OCC(CS)c1ncccn1)(c1ccccc1)c1ccccc1. The van der Waals surface area contributed by atoms with Crippen molar-refractivity contribution in [2.24, 2.45) is 0 Å². The molecule has 0 N–H and O–H groups in total. The normalized spacial score (nSPS) is 13.3. The molecule has 0 saturated carbocycles. The molecule has 0 amide bonds. The molecule has 3 nitrogen and oxygen atoms in total. The summed E-state index contributed by atoms with van der Waals surface area (Å²) in [6.45, 7) is 7.40. The summed E-state index contributed by atoms with van der Waals surface area (Å²) in [5.41, 5.74) is 0. The van der Waals surface area contributed by atoms with Gasteiger partial charge in [0.2, 0.25) is 0 Å². The van der Waals surface area contributed by atoms with Gasteiger partial charge in [-0.3, -0.25) is 0 Å². The maximum Gasteiger partial charge on any atom is 0.261 e. The lowest BCUT2D eigenvalue weighted by Gasteiger charge is -2.43. The molecule has 0 aliphatic heterocycles. The molecule has 0 aliphatic carbocycles. The van der Waals surface area contributed by atoms with Crippen molar-refractivity contribution in [2.75, 3.05) is 12.4 Å². The van der Waals surface area contributed by atoms with Gasteiger partial charge in [-0.2, -0.15) is 12.6 Å². The van der Waals surface area contributed by atoms with E-state index in [1.54, 1.807) is 12.4 Å². The molecule has 1 aromatic heterocycles. The van der Waals surface area contributed by atoms with Crippen molar-refractivity contribution >= 4 is 31.3 Å². The van der Waals surface area contributed by atoms with Crippen LogP contribution < -0.4 is 10.4 Å². The van der Waals surface area contributed by atoms with Crippen LogP contribution >= 0.6 is 12.6 Å². The van der Waals surface area contributed by atoms with Crippen LogP contribution in [0.25, 0.3) is 0 Å². The van der Waals surface area contributed by atoms with Gasteiger partial charge in [0.15, 0.2) is 0 Å². The van der Waals surface area contributed by atoms with Gasteiger partial charge < -0.3 is 4.43 Å². The molecular weight excluding hydrogens is 380 g/mol. The molecule has 2 aromatic carbocycles. The van der Waals surface area contributed by atoms with Crippen molar-refractivity contribution < 1.29 is 4.43 Å². The Morgan fingerprint density at radius 2 is 1.36 bits per heavy atom. The number of hydrogen-bond donors (Lipinski definition) is 1. The first-order chi connectivity index (χ1) is 13.5. The number of nitrogens with zero attached hydrogens (tertiary/aromatic N) is 2. The van der Waals surface area contributed by atoms with Crippen molar-refractivity contribution in [1.29, 1.82) is 0 Å². The maximum atomic E-state index is 6.98. The summed E-state index contributed by atoms with van der Waals surface area (Å²) in [5.74, 6) is 1.48. The third-order valence-corrected chi connectivity index (χ3v) is 10.5. The van der Waals surface area contributed by atoms with Gasteiger partial charge in [0, 0.05) is 30.7 Å². The molecule has 0 radical (unpaired) electrons. The first kappa shape index (κ1) is 20.8. The highest BCUT2D eigenvalue weighted by Crippen LogP contribution is 2.37. The Balaban J connectivity index is 2.06. The van der Waals surface area contributed by atoms with E-state index in [2.05, 4.69) is 104 Å². The molecular formula is C23H28N2OSSi. The minimum Gasteiger partial charge on any atom is -0.407 e. The Hall–Kier alpha value is -1.95. The standard InChI is InChI=1S/C23H28N2OSSi/c1-23(2,3)28(20-11-6-4-7-12-20,21-13-8-5-9-14-21)26-17-19(18-27)22-24-15-10-16-25-22/h4-16,19,27H,17-18H2,1-3H3. The first-order valence-corrected chi connectivity index (χ1v) is 12.2. The summed E-state index contributed by atoms with van der Waals surface area (Å²) >= 11 is 4.56. The number of benzene rings is 2. The quantitative estimate of drug-likeness (QED) is 0.473. The van der Waals surface area contributed by atoms with Crippen molar-refractivity contribution in [2.45, 2.75) is 31.7 Å². The highest BCUT2D eigenvalue weighted by molar-refractivity contribution is 7.80. The zero-order valence-corrected chi connectivity index (χ0v) is 18.6. The van der Waals surface area contributed by atoms with Crippen molar-refractivity contribution in [3.05, 3.63) is 84.9 Å². The summed E-state index contributed by atoms with van der Waals surface area (Å²) in [5, 5.41) is 2.51. The zero-order valence-electron chi connectivity index (χ0n) is 16.7. The number of hydrogen-bond acceptors (Lipinski definition) is 4. The lowest BCUT2D eigenvalue weighted by molar-refractivity contribution is 0.276. The summed E-state index contributed by atoms with van der Waals surface area (Å²) in [7, 11) is -2.55. The van der Waals surface area contributed by atoms with Gasteiger partial charge in [0.05, 0.1) is 0 Å². The lowest BCUT2D eigenvalue weighted by Crippen LogP contribution is -2.66. The number of thiol groups is 1. The van der Waals surface area contributed by atoms with E-state index in [1.807, 2.05) is 6.07 Å². The van der Waals surface area contributed by atoms with E-state index < -0.39 is 8.32 Å². The van der Waals surface area contributed by atoms with E-state index in [9.17, 15) is 0 Å². The molecule has 0 spiro atoms. The number of aromatic nitrogens is 2. The minimum absolute atomic E-state index is 0.0472. The van der Waals surface area contributed by atoms with Gasteiger partial charge in [-0.1, -0.05) is 81.4 Å². The average Bonchev–Trinajstić information content (AvgIpc) is 2.72. The van der Waals surface area contributed by atoms with Gasteiger partial charge in [-0.25, -0.2) is 9.97 Å². The van der Waals surface area contributed by atoms with Crippen LogP contribution in [-0.4, -0.2) is 30.6 Å². The van der Waals surface area contributed by atoms with Crippen LogP contribution in [0.3, 0.4) is 0 Å². The van der Waals surface area contributed by atoms with Crippen LogP contribution in [0, 0.1) is 0 Å². The Kier molecular flexibility index (Phi) is 6.70. The molecule has 28 heavy (non-hydrogen) atoms. The van der Waals surface area contributed by atoms with E-state index in [-0.39, 0.29) is 11.0 Å². The molecule has 0 saturated heterocycles. The molecule has 1 unspecified atom stereocenters.